The first kappa shape index (κ1) is 17.1. The van der Waals surface area contributed by atoms with E-state index >= 15 is 0 Å². The van der Waals surface area contributed by atoms with Crippen LogP contribution in [0.2, 0.25) is 0 Å². The Morgan fingerprint density at radius 1 is 1.08 bits per heavy atom. The SMILES string of the molecule is CN1CCC(Nc2cccc(S(=O)(=O)c3c[nH]c4ccccc34)c2)CC1. The van der Waals surface area contributed by atoms with Gasteiger partial charge in [0.2, 0.25) is 9.84 Å². The molecule has 0 amide bonds. The number of sulfone groups is 1. The standard InChI is InChI=1S/C20H23N3O2S/c1-23-11-9-15(10-12-23)22-16-5-4-6-17(13-16)26(24,25)20-14-21-19-8-3-2-7-18(19)20/h2-8,13-15,21-22H,9-12H2,1H3. The lowest BCUT2D eigenvalue weighted by Crippen LogP contribution is -2.36. The molecule has 1 aromatic heterocycles. The average molecular weight is 369 g/mol. The van der Waals surface area contributed by atoms with Gasteiger partial charge in [-0.15, -0.1) is 0 Å². The molecule has 0 atom stereocenters. The van der Waals surface area contributed by atoms with Crippen LogP contribution in [0.4, 0.5) is 5.69 Å². The van der Waals surface area contributed by atoms with Crippen LogP contribution < -0.4 is 5.32 Å². The van der Waals surface area contributed by atoms with Gasteiger partial charge >= 0.3 is 0 Å². The van der Waals surface area contributed by atoms with E-state index in [2.05, 4.69) is 22.2 Å². The fraction of sp³-hybridized carbons (Fsp3) is 0.300. The summed E-state index contributed by atoms with van der Waals surface area (Å²) in [6.07, 6.45) is 3.71. The molecule has 0 spiro atoms. The van der Waals surface area contributed by atoms with Crippen molar-refractivity contribution in [1.29, 1.82) is 0 Å². The van der Waals surface area contributed by atoms with Crippen molar-refractivity contribution in [1.82, 2.24) is 9.88 Å². The molecule has 1 aliphatic heterocycles. The number of nitrogens with one attached hydrogen (secondary N) is 2. The molecule has 0 saturated carbocycles. The van der Waals surface area contributed by atoms with Gasteiger partial charge in [-0.2, -0.15) is 0 Å². The molecule has 136 valence electrons. The molecule has 6 heteroatoms. The number of benzene rings is 2. The number of para-hydroxylation sites is 1. The van der Waals surface area contributed by atoms with Crippen LogP contribution in [-0.2, 0) is 9.84 Å². The van der Waals surface area contributed by atoms with Crippen LogP contribution in [-0.4, -0.2) is 44.5 Å². The van der Waals surface area contributed by atoms with Crippen molar-refractivity contribution in [2.75, 3.05) is 25.5 Å². The van der Waals surface area contributed by atoms with Crippen LogP contribution in [0.1, 0.15) is 12.8 Å². The number of likely N-dealkylation sites (tertiary alicyclic amines) is 1. The maximum atomic E-state index is 13.1. The van der Waals surface area contributed by atoms with E-state index in [4.69, 9.17) is 0 Å². The Kier molecular flexibility index (Phi) is 4.46. The van der Waals surface area contributed by atoms with E-state index in [1.807, 2.05) is 30.3 Å². The molecule has 2 aromatic carbocycles. The number of aromatic nitrogens is 1. The van der Waals surface area contributed by atoms with Crippen LogP contribution in [0.15, 0.2) is 64.5 Å². The summed E-state index contributed by atoms with van der Waals surface area (Å²) in [4.78, 5) is 6.01. The molecule has 0 aliphatic carbocycles. The second-order valence-corrected chi connectivity index (χ2v) is 8.87. The molecule has 0 bridgehead atoms. The van der Waals surface area contributed by atoms with Gasteiger partial charge in [0.15, 0.2) is 0 Å². The van der Waals surface area contributed by atoms with Gasteiger partial charge in [-0.1, -0.05) is 24.3 Å². The predicted molar refractivity (Wildman–Crippen MR) is 104 cm³/mol. The van der Waals surface area contributed by atoms with Crippen molar-refractivity contribution < 1.29 is 8.42 Å². The van der Waals surface area contributed by atoms with Gasteiger partial charge < -0.3 is 15.2 Å². The van der Waals surface area contributed by atoms with Gasteiger partial charge in [-0.05, 0) is 57.2 Å². The largest absolute Gasteiger partial charge is 0.382 e. The second kappa shape index (κ2) is 6.78. The number of hydrogen-bond donors (Lipinski definition) is 2. The van der Waals surface area contributed by atoms with E-state index in [0.29, 0.717) is 15.8 Å². The molecule has 1 aliphatic rings. The highest BCUT2D eigenvalue weighted by atomic mass is 32.2. The summed E-state index contributed by atoms with van der Waals surface area (Å²) < 4.78 is 26.3. The van der Waals surface area contributed by atoms with E-state index in [-0.39, 0.29) is 0 Å². The van der Waals surface area contributed by atoms with Crippen molar-refractivity contribution in [3.05, 3.63) is 54.7 Å². The quantitative estimate of drug-likeness (QED) is 0.739. The Labute approximate surface area is 153 Å². The molecule has 5 nitrogen and oxygen atoms in total. The van der Waals surface area contributed by atoms with E-state index in [1.165, 1.54) is 0 Å². The fourth-order valence-corrected chi connectivity index (χ4v) is 5.01. The van der Waals surface area contributed by atoms with Gasteiger partial charge in [-0.25, -0.2) is 8.42 Å². The predicted octanol–water partition coefficient (Wildman–Crippen LogP) is 3.51. The maximum absolute atomic E-state index is 13.1. The van der Waals surface area contributed by atoms with Gasteiger partial charge in [0.1, 0.15) is 0 Å². The molecule has 3 aromatic rings. The number of rotatable bonds is 4. The number of hydrogen-bond acceptors (Lipinski definition) is 4. The summed E-state index contributed by atoms with van der Waals surface area (Å²) in [5, 5.41) is 4.22. The molecular weight excluding hydrogens is 346 g/mol. The van der Waals surface area contributed by atoms with Crippen molar-refractivity contribution in [3.63, 3.8) is 0 Å². The third-order valence-corrected chi connectivity index (χ3v) is 6.87. The summed E-state index contributed by atoms with van der Waals surface area (Å²) >= 11 is 0. The van der Waals surface area contributed by atoms with Gasteiger partial charge in [-0.3, -0.25) is 0 Å². The van der Waals surface area contributed by atoms with Gasteiger partial charge in [0.25, 0.3) is 0 Å². The molecule has 26 heavy (non-hydrogen) atoms. The number of aromatic amines is 1. The van der Waals surface area contributed by atoms with Crippen LogP contribution >= 0.6 is 0 Å². The first-order valence-corrected chi connectivity index (χ1v) is 10.4. The van der Waals surface area contributed by atoms with Crippen molar-refractivity contribution in [2.24, 2.45) is 0 Å². The second-order valence-electron chi connectivity index (χ2n) is 6.95. The van der Waals surface area contributed by atoms with E-state index in [1.54, 1.807) is 24.4 Å². The Hall–Kier alpha value is -2.31. The molecule has 1 saturated heterocycles. The zero-order valence-corrected chi connectivity index (χ0v) is 15.6. The minimum atomic E-state index is -3.57. The van der Waals surface area contributed by atoms with E-state index < -0.39 is 9.84 Å². The first-order chi connectivity index (χ1) is 12.5. The van der Waals surface area contributed by atoms with Gasteiger partial charge in [0.05, 0.1) is 9.79 Å². The highest BCUT2D eigenvalue weighted by Gasteiger charge is 2.22. The van der Waals surface area contributed by atoms with Crippen molar-refractivity contribution in [3.8, 4) is 0 Å². The van der Waals surface area contributed by atoms with E-state index in [0.717, 1.165) is 42.5 Å². The summed E-state index contributed by atoms with van der Waals surface area (Å²) in [6, 6.07) is 15.0. The van der Waals surface area contributed by atoms with Crippen LogP contribution in [0.3, 0.4) is 0 Å². The lowest BCUT2D eigenvalue weighted by atomic mass is 10.1. The Bertz CT molecular complexity index is 1020. The fourth-order valence-electron chi connectivity index (χ4n) is 3.54. The molecule has 2 N–H and O–H groups in total. The van der Waals surface area contributed by atoms with Crippen molar-refractivity contribution >= 4 is 26.4 Å². The highest BCUT2D eigenvalue weighted by Crippen LogP contribution is 2.29. The Balaban J connectivity index is 1.63. The average Bonchev–Trinajstić information content (AvgIpc) is 3.09. The number of H-pyrrole nitrogens is 1. The van der Waals surface area contributed by atoms with Crippen LogP contribution in [0, 0.1) is 0 Å². The molecule has 1 fully saturated rings. The zero-order chi connectivity index (χ0) is 18.1. The Morgan fingerprint density at radius 3 is 2.65 bits per heavy atom. The molecule has 0 radical (unpaired) electrons. The maximum Gasteiger partial charge on any atom is 0.208 e. The third kappa shape index (κ3) is 3.22. The molecule has 2 heterocycles. The van der Waals surface area contributed by atoms with E-state index in [9.17, 15) is 8.42 Å². The lowest BCUT2D eigenvalue weighted by molar-refractivity contribution is 0.264. The molecule has 0 unspecified atom stereocenters. The monoisotopic (exact) mass is 369 g/mol. The molecule has 4 rings (SSSR count). The minimum Gasteiger partial charge on any atom is -0.382 e. The lowest BCUT2D eigenvalue weighted by Gasteiger charge is -2.30. The molecular formula is C20H23N3O2S. The third-order valence-electron chi connectivity index (χ3n) is 5.07. The first-order valence-electron chi connectivity index (χ1n) is 8.90. The topological polar surface area (TPSA) is 65.2 Å². The highest BCUT2D eigenvalue weighted by molar-refractivity contribution is 7.91. The number of anilines is 1. The van der Waals surface area contributed by atoms with Crippen LogP contribution in [0.5, 0.6) is 0 Å². The smallest absolute Gasteiger partial charge is 0.208 e. The van der Waals surface area contributed by atoms with Crippen LogP contribution in [0.25, 0.3) is 10.9 Å². The summed E-state index contributed by atoms with van der Waals surface area (Å²) in [5.41, 5.74) is 1.69. The summed E-state index contributed by atoms with van der Waals surface area (Å²) in [7, 11) is -1.44. The van der Waals surface area contributed by atoms with Gasteiger partial charge in [0, 0.05) is 28.8 Å². The minimum absolute atomic E-state index is 0.320. The number of nitrogens with zero attached hydrogens (tertiary/aromatic N) is 1. The summed E-state index contributed by atoms with van der Waals surface area (Å²) in [5.74, 6) is 0. The Morgan fingerprint density at radius 2 is 1.85 bits per heavy atom. The van der Waals surface area contributed by atoms with Crippen molar-refractivity contribution in [2.45, 2.75) is 28.7 Å². The number of piperidine rings is 1. The normalized spacial score (nSPS) is 16.8. The number of fused-ring (bicyclic) bond motifs is 1. The zero-order valence-electron chi connectivity index (χ0n) is 14.8. The summed E-state index contributed by atoms with van der Waals surface area (Å²) in [6.45, 7) is 2.12.